The van der Waals surface area contributed by atoms with Gasteiger partial charge in [0.2, 0.25) is 0 Å². The van der Waals surface area contributed by atoms with E-state index in [1.54, 1.807) is 32.0 Å². The number of hydrogen-bond donors (Lipinski definition) is 0. The Bertz CT molecular complexity index is 897. The first-order valence-electron chi connectivity index (χ1n) is 8.87. The summed E-state index contributed by atoms with van der Waals surface area (Å²) < 4.78 is 15.8. The van der Waals surface area contributed by atoms with Crippen LogP contribution in [0.3, 0.4) is 0 Å². The van der Waals surface area contributed by atoms with Crippen molar-refractivity contribution in [3.8, 4) is 17.6 Å². The Balaban J connectivity index is 2.21. The third-order valence-corrected chi connectivity index (χ3v) is 3.61. The summed E-state index contributed by atoms with van der Waals surface area (Å²) in [4.78, 5) is 24.0. The van der Waals surface area contributed by atoms with Gasteiger partial charge in [-0.3, -0.25) is 4.79 Å². The molecule has 0 amide bonds. The van der Waals surface area contributed by atoms with Crippen LogP contribution in [-0.2, 0) is 20.7 Å². The van der Waals surface area contributed by atoms with E-state index in [-0.39, 0.29) is 24.4 Å². The minimum atomic E-state index is -0.693. The van der Waals surface area contributed by atoms with Crippen molar-refractivity contribution in [3.63, 3.8) is 0 Å². The molecule has 0 radical (unpaired) electrons. The van der Waals surface area contributed by atoms with Gasteiger partial charge in [0.1, 0.15) is 11.6 Å². The standard InChI is InChI=1S/C22H21NO5/c1-3-26-20-13-17(12-18(15-23)22(25)27-4-2)10-11-19(20)28-21(24)14-16-8-6-5-7-9-16/h5-13H,3-4,14H2,1-2H3/b18-12+. The maximum atomic E-state index is 12.2. The molecule has 0 N–H and O–H groups in total. The maximum absolute atomic E-state index is 12.2. The number of nitrogens with zero attached hydrogens (tertiary/aromatic N) is 1. The summed E-state index contributed by atoms with van der Waals surface area (Å²) >= 11 is 0. The topological polar surface area (TPSA) is 85.6 Å². The van der Waals surface area contributed by atoms with E-state index in [4.69, 9.17) is 19.5 Å². The normalized spacial score (nSPS) is 10.7. The van der Waals surface area contributed by atoms with Crippen LogP contribution < -0.4 is 9.47 Å². The molecule has 0 heterocycles. The summed E-state index contributed by atoms with van der Waals surface area (Å²) in [5.41, 5.74) is 1.27. The Morgan fingerprint density at radius 1 is 1.04 bits per heavy atom. The van der Waals surface area contributed by atoms with Crippen LogP contribution in [0.2, 0.25) is 0 Å². The Kier molecular flexibility index (Phi) is 7.79. The molecule has 0 aliphatic rings. The minimum absolute atomic E-state index is 0.127. The lowest BCUT2D eigenvalue weighted by atomic mass is 10.1. The molecule has 144 valence electrons. The monoisotopic (exact) mass is 379 g/mol. The van der Waals surface area contributed by atoms with Gasteiger partial charge in [-0.1, -0.05) is 36.4 Å². The summed E-state index contributed by atoms with van der Waals surface area (Å²) in [7, 11) is 0. The van der Waals surface area contributed by atoms with Gasteiger partial charge in [-0.25, -0.2) is 4.79 Å². The molecule has 6 nitrogen and oxygen atoms in total. The van der Waals surface area contributed by atoms with E-state index in [1.807, 2.05) is 36.4 Å². The van der Waals surface area contributed by atoms with E-state index in [9.17, 15) is 9.59 Å². The van der Waals surface area contributed by atoms with Crippen LogP contribution in [0.1, 0.15) is 25.0 Å². The van der Waals surface area contributed by atoms with Crippen LogP contribution in [0.15, 0.2) is 54.1 Å². The van der Waals surface area contributed by atoms with Crippen LogP contribution in [0.25, 0.3) is 6.08 Å². The molecule has 2 aromatic carbocycles. The molecule has 0 aliphatic carbocycles. The molecule has 0 aromatic heterocycles. The number of nitriles is 1. The van der Waals surface area contributed by atoms with E-state index in [0.29, 0.717) is 17.9 Å². The SMILES string of the molecule is CCOC(=O)/C(C#N)=C/c1ccc(OC(=O)Cc2ccccc2)c(OCC)c1. The van der Waals surface area contributed by atoms with Gasteiger partial charge in [0.25, 0.3) is 0 Å². The van der Waals surface area contributed by atoms with Crippen LogP contribution in [0, 0.1) is 11.3 Å². The van der Waals surface area contributed by atoms with Crippen molar-refractivity contribution in [2.45, 2.75) is 20.3 Å². The van der Waals surface area contributed by atoms with Gasteiger partial charge in [0, 0.05) is 0 Å². The third kappa shape index (κ3) is 5.99. The second-order valence-corrected chi connectivity index (χ2v) is 5.67. The van der Waals surface area contributed by atoms with Crippen molar-refractivity contribution in [2.24, 2.45) is 0 Å². The highest BCUT2D eigenvalue weighted by Gasteiger charge is 2.14. The minimum Gasteiger partial charge on any atom is -0.490 e. The molecule has 0 saturated carbocycles. The number of carbonyl (C=O) groups is 2. The molecule has 2 rings (SSSR count). The predicted octanol–water partition coefficient (Wildman–Crippen LogP) is 3.70. The summed E-state index contributed by atoms with van der Waals surface area (Å²) in [6.45, 7) is 4.01. The van der Waals surface area contributed by atoms with Gasteiger partial charge >= 0.3 is 11.9 Å². The zero-order chi connectivity index (χ0) is 20.4. The van der Waals surface area contributed by atoms with E-state index < -0.39 is 11.9 Å². The first kappa shape index (κ1) is 20.7. The fraction of sp³-hybridized carbons (Fsp3) is 0.227. The van der Waals surface area contributed by atoms with Crippen molar-refractivity contribution in [1.29, 1.82) is 5.26 Å². The smallest absolute Gasteiger partial charge is 0.348 e. The van der Waals surface area contributed by atoms with Gasteiger partial charge in [0.05, 0.1) is 19.6 Å². The Labute approximate surface area is 164 Å². The molecule has 2 aromatic rings. The largest absolute Gasteiger partial charge is 0.490 e. The molecule has 0 spiro atoms. The number of benzene rings is 2. The molecular weight excluding hydrogens is 358 g/mol. The van der Waals surface area contributed by atoms with E-state index in [1.165, 1.54) is 6.08 Å². The van der Waals surface area contributed by atoms with E-state index >= 15 is 0 Å². The maximum Gasteiger partial charge on any atom is 0.348 e. The second kappa shape index (κ2) is 10.5. The summed E-state index contributed by atoms with van der Waals surface area (Å²) in [5.74, 6) is -0.491. The molecule has 0 aliphatic heterocycles. The Morgan fingerprint density at radius 3 is 2.43 bits per heavy atom. The fourth-order valence-electron chi connectivity index (χ4n) is 2.40. The number of carbonyl (C=O) groups excluding carboxylic acids is 2. The van der Waals surface area contributed by atoms with Crippen LogP contribution >= 0.6 is 0 Å². The van der Waals surface area contributed by atoms with Crippen molar-refractivity contribution in [1.82, 2.24) is 0 Å². The molecule has 0 bridgehead atoms. The molecule has 6 heteroatoms. The highest BCUT2D eigenvalue weighted by molar-refractivity contribution is 5.98. The lowest BCUT2D eigenvalue weighted by molar-refractivity contribution is -0.138. The predicted molar refractivity (Wildman–Crippen MR) is 104 cm³/mol. The molecule has 28 heavy (non-hydrogen) atoms. The number of ether oxygens (including phenoxy) is 3. The van der Waals surface area contributed by atoms with Crippen LogP contribution in [0.4, 0.5) is 0 Å². The second-order valence-electron chi connectivity index (χ2n) is 5.67. The summed E-state index contributed by atoms with van der Waals surface area (Å²) in [6.07, 6.45) is 1.53. The quantitative estimate of drug-likeness (QED) is 0.301. The van der Waals surface area contributed by atoms with Crippen LogP contribution in [-0.4, -0.2) is 25.2 Å². The number of rotatable bonds is 8. The zero-order valence-electron chi connectivity index (χ0n) is 15.8. The Hall–Kier alpha value is -3.59. The van der Waals surface area contributed by atoms with Gasteiger partial charge in [-0.2, -0.15) is 5.26 Å². The summed E-state index contributed by atoms with van der Waals surface area (Å²) in [5, 5.41) is 9.15. The average molecular weight is 379 g/mol. The van der Waals surface area contributed by atoms with Gasteiger partial charge in [-0.05, 0) is 43.2 Å². The third-order valence-electron chi connectivity index (χ3n) is 3.61. The van der Waals surface area contributed by atoms with Crippen molar-refractivity contribution >= 4 is 18.0 Å². The Morgan fingerprint density at radius 2 is 1.79 bits per heavy atom. The van der Waals surface area contributed by atoms with Crippen molar-refractivity contribution in [3.05, 3.63) is 65.2 Å². The molecule has 0 unspecified atom stereocenters. The highest BCUT2D eigenvalue weighted by Crippen LogP contribution is 2.30. The van der Waals surface area contributed by atoms with Gasteiger partial charge in [-0.15, -0.1) is 0 Å². The molecule has 0 saturated heterocycles. The summed E-state index contributed by atoms with van der Waals surface area (Å²) in [6, 6.07) is 15.9. The number of esters is 2. The highest BCUT2D eigenvalue weighted by atomic mass is 16.6. The number of hydrogen-bond acceptors (Lipinski definition) is 6. The fourth-order valence-corrected chi connectivity index (χ4v) is 2.40. The zero-order valence-corrected chi connectivity index (χ0v) is 15.8. The van der Waals surface area contributed by atoms with Gasteiger partial charge < -0.3 is 14.2 Å². The van der Waals surface area contributed by atoms with E-state index in [2.05, 4.69) is 0 Å². The van der Waals surface area contributed by atoms with Crippen molar-refractivity contribution in [2.75, 3.05) is 13.2 Å². The lowest BCUT2D eigenvalue weighted by Crippen LogP contribution is -2.12. The van der Waals surface area contributed by atoms with Gasteiger partial charge in [0.15, 0.2) is 11.5 Å². The average Bonchev–Trinajstić information content (AvgIpc) is 2.69. The molecular formula is C22H21NO5. The molecule has 0 fully saturated rings. The van der Waals surface area contributed by atoms with Crippen molar-refractivity contribution < 1.29 is 23.8 Å². The van der Waals surface area contributed by atoms with Crippen LogP contribution in [0.5, 0.6) is 11.5 Å². The first-order chi connectivity index (χ1) is 13.6. The lowest BCUT2D eigenvalue weighted by Gasteiger charge is -2.11. The van der Waals surface area contributed by atoms with E-state index in [0.717, 1.165) is 5.56 Å². The first-order valence-corrected chi connectivity index (χ1v) is 8.87. The molecule has 0 atom stereocenters.